The van der Waals surface area contributed by atoms with Crippen LogP contribution in [0.5, 0.6) is 0 Å². The molecule has 1 fully saturated rings. The molecule has 1 aromatic heterocycles. The molecule has 0 bridgehead atoms. The molecule has 2 aromatic rings. The van der Waals surface area contributed by atoms with E-state index in [2.05, 4.69) is 15.5 Å². The third-order valence-corrected chi connectivity index (χ3v) is 4.38. The van der Waals surface area contributed by atoms with Gasteiger partial charge in [0.05, 0.1) is 11.0 Å². The lowest BCUT2D eigenvalue weighted by Crippen LogP contribution is -2.30. The first-order chi connectivity index (χ1) is 8.81. The number of imidazole rings is 1. The largest absolute Gasteiger partial charge is 0.327 e. The number of rotatable bonds is 0. The molecule has 2 aliphatic heterocycles. The van der Waals surface area contributed by atoms with E-state index in [-0.39, 0.29) is 0 Å². The Morgan fingerprint density at radius 1 is 1.22 bits per heavy atom. The molecular formula is C14H16BN3. The van der Waals surface area contributed by atoms with E-state index in [4.69, 9.17) is 12.8 Å². The molecule has 4 heteroatoms. The zero-order valence-corrected chi connectivity index (χ0v) is 10.5. The van der Waals surface area contributed by atoms with Gasteiger partial charge in [0.1, 0.15) is 13.7 Å². The van der Waals surface area contributed by atoms with Crippen LogP contribution in [-0.2, 0) is 13.0 Å². The van der Waals surface area contributed by atoms with Crippen molar-refractivity contribution in [1.82, 2.24) is 14.5 Å². The summed E-state index contributed by atoms with van der Waals surface area (Å²) in [5.74, 6) is 1.24. The normalized spacial score (nSPS) is 23.9. The zero-order valence-electron chi connectivity index (χ0n) is 10.5. The molecule has 3 heterocycles. The highest BCUT2D eigenvalue weighted by atomic mass is 15.2. The number of aromatic nitrogens is 2. The second-order valence-corrected chi connectivity index (χ2v) is 5.46. The third kappa shape index (κ3) is 1.52. The molecule has 4 rings (SSSR count). The quantitative estimate of drug-likeness (QED) is 0.633. The first-order valence-electron chi connectivity index (χ1n) is 6.80. The second kappa shape index (κ2) is 3.85. The Morgan fingerprint density at radius 3 is 3.11 bits per heavy atom. The van der Waals surface area contributed by atoms with Crippen LogP contribution in [0.1, 0.15) is 18.7 Å². The maximum atomic E-state index is 5.84. The highest BCUT2D eigenvalue weighted by Gasteiger charge is 2.29. The van der Waals surface area contributed by atoms with Crippen molar-refractivity contribution in [2.45, 2.75) is 31.8 Å². The van der Waals surface area contributed by atoms with Gasteiger partial charge in [0.2, 0.25) is 0 Å². The van der Waals surface area contributed by atoms with Crippen molar-refractivity contribution in [3.8, 4) is 0 Å². The Balaban J connectivity index is 1.83. The maximum absolute atomic E-state index is 5.84. The molecule has 2 aliphatic rings. The zero-order chi connectivity index (χ0) is 12.1. The van der Waals surface area contributed by atoms with Gasteiger partial charge in [-0.05, 0) is 31.5 Å². The fraction of sp³-hybridized carbons (Fsp3) is 0.500. The van der Waals surface area contributed by atoms with Crippen LogP contribution in [0, 0.1) is 0 Å². The molecule has 3 nitrogen and oxygen atoms in total. The summed E-state index contributed by atoms with van der Waals surface area (Å²) in [5, 5.41) is 0. The van der Waals surface area contributed by atoms with Crippen molar-refractivity contribution in [1.29, 1.82) is 0 Å². The molecule has 1 aromatic carbocycles. The summed E-state index contributed by atoms with van der Waals surface area (Å²) >= 11 is 0. The minimum atomic E-state index is 0.709. The molecule has 1 atom stereocenters. The van der Waals surface area contributed by atoms with Crippen LogP contribution in [0.15, 0.2) is 18.2 Å². The Hall–Kier alpha value is -1.29. The molecule has 0 aliphatic carbocycles. The van der Waals surface area contributed by atoms with Crippen LogP contribution >= 0.6 is 0 Å². The lowest BCUT2D eigenvalue weighted by molar-refractivity contribution is 0.258. The monoisotopic (exact) mass is 237 g/mol. The molecule has 18 heavy (non-hydrogen) atoms. The van der Waals surface area contributed by atoms with Gasteiger partial charge in [0.25, 0.3) is 0 Å². The summed E-state index contributed by atoms with van der Waals surface area (Å²) in [6.07, 6.45) is 3.76. The number of fused-ring (bicyclic) bond motifs is 4. The topological polar surface area (TPSA) is 21.1 Å². The standard InChI is InChI=1S/C14H16BN3/c15-10-3-4-13-12(8-10)16-14-9-11-2-1-5-17(11)6-7-18(13)14/h3-4,8,11H,1-2,5-7,9H2/t11-/m0/s1. The van der Waals surface area contributed by atoms with E-state index in [1.165, 1.54) is 30.7 Å². The third-order valence-electron chi connectivity index (χ3n) is 4.38. The molecule has 2 radical (unpaired) electrons. The van der Waals surface area contributed by atoms with E-state index in [1.807, 2.05) is 12.1 Å². The Morgan fingerprint density at radius 2 is 2.17 bits per heavy atom. The van der Waals surface area contributed by atoms with Crippen molar-refractivity contribution in [2.24, 2.45) is 0 Å². The summed E-state index contributed by atoms with van der Waals surface area (Å²) in [4.78, 5) is 7.41. The molecular weight excluding hydrogens is 221 g/mol. The molecule has 0 saturated carbocycles. The first-order valence-corrected chi connectivity index (χ1v) is 6.80. The molecule has 0 unspecified atom stereocenters. The summed E-state index contributed by atoms with van der Waals surface area (Å²) in [6.45, 7) is 3.49. The van der Waals surface area contributed by atoms with Crippen LogP contribution in [0.4, 0.5) is 0 Å². The second-order valence-electron chi connectivity index (χ2n) is 5.46. The molecule has 1 saturated heterocycles. The molecule has 0 N–H and O–H groups in total. The molecule has 0 amide bonds. The van der Waals surface area contributed by atoms with Gasteiger partial charge < -0.3 is 4.57 Å². The lowest BCUT2D eigenvalue weighted by Gasteiger charge is -2.20. The molecule has 90 valence electrons. The predicted molar refractivity (Wildman–Crippen MR) is 73.4 cm³/mol. The average Bonchev–Trinajstić information content (AvgIpc) is 2.88. The Bertz CT molecular complexity index is 604. The van der Waals surface area contributed by atoms with Crippen molar-refractivity contribution in [3.05, 3.63) is 24.0 Å². The van der Waals surface area contributed by atoms with Gasteiger partial charge in [-0.2, -0.15) is 0 Å². The van der Waals surface area contributed by atoms with Gasteiger partial charge in [-0.3, -0.25) is 4.90 Å². The average molecular weight is 237 g/mol. The summed E-state index contributed by atoms with van der Waals surface area (Å²) < 4.78 is 2.38. The van der Waals surface area contributed by atoms with Gasteiger partial charge in [-0.25, -0.2) is 4.98 Å². The minimum Gasteiger partial charge on any atom is -0.327 e. The number of nitrogens with zero attached hydrogens (tertiary/aromatic N) is 3. The van der Waals surface area contributed by atoms with Crippen LogP contribution in [0.2, 0.25) is 0 Å². The van der Waals surface area contributed by atoms with E-state index in [1.54, 1.807) is 0 Å². The van der Waals surface area contributed by atoms with Crippen molar-refractivity contribution < 1.29 is 0 Å². The lowest BCUT2D eigenvalue weighted by atomic mass is 9.96. The molecule has 0 spiro atoms. The van der Waals surface area contributed by atoms with Gasteiger partial charge >= 0.3 is 0 Å². The van der Waals surface area contributed by atoms with Crippen LogP contribution in [0.25, 0.3) is 11.0 Å². The predicted octanol–water partition coefficient (Wildman–Crippen LogP) is 0.851. The fourth-order valence-corrected chi connectivity index (χ4v) is 3.46. The number of hydrogen-bond acceptors (Lipinski definition) is 2. The van der Waals surface area contributed by atoms with E-state index >= 15 is 0 Å². The van der Waals surface area contributed by atoms with Crippen molar-refractivity contribution >= 4 is 24.3 Å². The minimum absolute atomic E-state index is 0.709. The van der Waals surface area contributed by atoms with E-state index in [0.717, 1.165) is 30.5 Å². The van der Waals surface area contributed by atoms with Gasteiger partial charge in [-0.15, -0.1) is 0 Å². The maximum Gasteiger partial charge on any atom is 0.113 e. The van der Waals surface area contributed by atoms with Gasteiger partial charge in [0.15, 0.2) is 0 Å². The Labute approximate surface area is 108 Å². The number of benzene rings is 1. The summed E-state index contributed by atoms with van der Waals surface area (Å²) in [7, 11) is 5.84. The van der Waals surface area contributed by atoms with Gasteiger partial charge in [0, 0.05) is 25.6 Å². The smallest absolute Gasteiger partial charge is 0.113 e. The van der Waals surface area contributed by atoms with Crippen molar-refractivity contribution in [3.63, 3.8) is 0 Å². The Kier molecular flexibility index (Phi) is 2.27. The first kappa shape index (κ1) is 10.6. The summed E-state index contributed by atoms with van der Waals surface area (Å²) in [5.41, 5.74) is 3.09. The van der Waals surface area contributed by atoms with E-state index in [0.29, 0.717) is 6.04 Å². The summed E-state index contributed by atoms with van der Waals surface area (Å²) in [6, 6.07) is 6.78. The van der Waals surface area contributed by atoms with Crippen LogP contribution in [0.3, 0.4) is 0 Å². The van der Waals surface area contributed by atoms with Crippen LogP contribution in [-0.4, -0.2) is 41.4 Å². The highest BCUT2D eigenvalue weighted by Crippen LogP contribution is 2.26. The highest BCUT2D eigenvalue weighted by molar-refractivity contribution is 6.33. The van der Waals surface area contributed by atoms with Gasteiger partial charge in [-0.1, -0.05) is 11.5 Å². The van der Waals surface area contributed by atoms with E-state index in [9.17, 15) is 0 Å². The van der Waals surface area contributed by atoms with E-state index < -0.39 is 0 Å². The number of hydrogen-bond donors (Lipinski definition) is 0. The SMILES string of the molecule is [B]c1ccc2c(c1)nc1n2CCN2CCC[C@H]2C1. The van der Waals surface area contributed by atoms with Crippen molar-refractivity contribution in [2.75, 3.05) is 13.1 Å². The van der Waals surface area contributed by atoms with Crippen LogP contribution < -0.4 is 5.46 Å². The fourth-order valence-electron chi connectivity index (χ4n) is 3.46.